The van der Waals surface area contributed by atoms with Gasteiger partial charge in [-0.05, 0) is 73.2 Å². The van der Waals surface area contributed by atoms with E-state index >= 15 is 0 Å². The lowest BCUT2D eigenvalue weighted by Crippen LogP contribution is -2.16. The van der Waals surface area contributed by atoms with Crippen molar-refractivity contribution in [3.63, 3.8) is 0 Å². The zero-order valence-electron chi connectivity index (χ0n) is 18.9. The molecule has 0 fully saturated rings. The summed E-state index contributed by atoms with van der Waals surface area (Å²) in [5.41, 5.74) is 3.07. The van der Waals surface area contributed by atoms with Crippen molar-refractivity contribution in [2.45, 2.75) is 12.8 Å². The zero-order valence-corrected chi connectivity index (χ0v) is 19.7. The number of hydrogen-bond donors (Lipinski definition) is 2. The van der Waals surface area contributed by atoms with Crippen molar-refractivity contribution in [1.29, 1.82) is 0 Å². The van der Waals surface area contributed by atoms with Crippen LogP contribution in [0.25, 0.3) is 16.6 Å². The molecule has 8 heteroatoms. The molecule has 0 bridgehead atoms. The number of aromatic amines is 2. The van der Waals surface area contributed by atoms with Crippen molar-refractivity contribution in [3.05, 3.63) is 117 Å². The maximum absolute atomic E-state index is 13.9. The second kappa shape index (κ2) is 8.92. The number of nitrogens with zero attached hydrogens (tertiary/aromatic N) is 1. The Labute approximate surface area is 204 Å². The van der Waals surface area contributed by atoms with E-state index in [0.717, 1.165) is 16.6 Å². The second-order valence-electron chi connectivity index (χ2n) is 8.24. The van der Waals surface area contributed by atoms with Crippen LogP contribution in [0.4, 0.5) is 4.39 Å². The van der Waals surface area contributed by atoms with E-state index in [2.05, 4.69) is 10.1 Å². The average Bonchev–Trinajstić information content (AvgIpc) is 3.38. The van der Waals surface area contributed by atoms with Crippen LogP contribution in [0.15, 0.2) is 77.6 Å². The molecule has 5 rings (SSSR count). The molecule has 0 saturated carbocycles. The molecule has 0 aliphatic heterocycles. The summed E-state index contributed by atoms with van der Waals surface area (Å²) in [5, 5.41) is 4.35. The van der Waals surface area contributed by atoms with E-state index in [4.69, 9.17) is 16.3 Å². The standard InChI is InChI=1S/C27H21ClFN3O3/c1-15-25(21-13-20(35-2)10-11-22(21)30-15)26(27(34)16-6-8-17(28)9-7-16)23-14-24(33)32(31-23)19-5-3-4-18(29)12-19/h3-14,26,30-31H,1-2H3. The topological polar surface area (TPSA) is 79.9 Å². The van der Waals surface area contributed by atoms with E-state index in [1.807, 2.05) is 25.1 Å². The largest absolute Gasteiger partial charge is 0.497 e. The van der Waals surface area contributed by atoms with Crippen LogP contribution < -0.4 is 10.3 Å². The summed E-state index contributed by atoms with van der Waals surface area (Å²) in [6.45, 7) is 1.88. The minimum Gasteiger partial charge on any atom is -0.497 e. The third kappa shape index (κ3) is 4.15. The number of nitrogens with one attached hydrogen (secondary N) is 2. The van der Waals surface area contributed by atoms with E-state index in [1.54, 1.807) is 37.4 Å². The maximum atomic E-state index is 13.9. The molecule has 0 aliphatic carbocycles. The lowest BCUT2D eigenvalue weighted by molar-refractivity contribution is 0.0972. The van der Waals surface area contributed by atoms with Gasteiger partial charge < -0.3 is 9.72 Å². The van der Waals surface area contributed by atoms with Gasteiger partial charge in [-0.2, -0.15) is 0 Å². The van der Waals surface area contributed by atoms with Gasteiger partial charge in [0.05, 0.1) is 24.4 Å². The van der Waals surface area contributed by atoms with Gasteiger partial charge in [0.25, 0.3) is 5.56 Å². The van der Waals surface area contributed by atoms with Crippen molar-refractivity contribution < 1.29 is 13.9 Å². The van der Waals surface area contributed by atoms with Crippen LogP contribution in [0.3, 0.4) is 0 Å². The number of ketones is 1. The van der Waals surface area contributed by atoms with Crippen LogP contribution in [0.1, 0.15) is 33.2 Å². The van der Waals surface area contributed by atoms with Crippen molar-refractivity contribution in [2.24, 2.45) is 0 Å². The van der Waals surface area contributed by atoms with E-state index in [1.165, 1.54) is 28.9 Å². The number of aromatic nitrogens is 3. The SMILES string of the molecule is COc1ccc2[nH]c(C)c(C(C(=O)c3ccc(Cl)cc3)c3cc(=O)n(-c4cccc(F)c4)[nH]3)c2c1. The number of hydrogen-bond acceptors (Lipinski definition) is 3. The molecule has 176 valence electrons. The van der Waals surface area contributed by atoms with E-state index in [9.17, 15) is 14.0 Å². The predicted octanol–water partition coefficient (Wildman–Crippen LogP) is 5.77. The summed E-state index contributed by atoms with van der Waals surface area (Å²) >= 11 is 6.04. The third-order valence-corrected chi connectivity index (χ3v) is 6.29. The minimum atomic E-state index is -0.848. The number of benzene rings is 3. The van der Waals surface area contributed by atoms with Crippen LogP contribution >= 0.6 is 11.6 Å². The summed E-state index contributed by atoms with van der Waals surface area (Å²) in [6, 6.07) is 19.2. The Kier molecular flexibility index (Phi) is 5.78. The fraction of sp³-hybridized carbons (Fsp3) is 0.111. The van der Waals surface area contributed by atoms with Gasteiger partial charge in [0.1, 0.15) is 11.6 Å². The first-order valence-corrected chi connectivity index (χ1v) is 11.3. The van der Waals surface area contributed by atoms with E-state index in [0.29, 0.717) is 33.3 Å². The lowest BCUT2D eigenvalue weighted by atomic mass is 9.86. The maximum Gasteiger partial charge on any atom is 0.271 e. The molecule has 35 heavy (non-hydrogen) atoms. The zero-order chi connectivity index (χ0) is 24.7. The van der Waals surface area contributed by atoms with Crippen LogP contribution in [0.5, 0.6) is 5.75 Å². The Morgan fingerprint density at radius 3 is 2.54 bits per heavy atom. The van der Waals surface area contributed by atoms with Crippen molar-refractivity contribution in [2.75, 3.05) is 7.11 Å². The highest BCUT2D eigenvalue weighted by Gasteiger charge is 2.31. The Morgan fingerprint density at radius 2 is 1.83 bits per heavy atom. The van der Waals surface area contributed by atoms with Gasteiger partial charge in [-0.25, -0.2) is 9.07 Å². The number of aryl methyl sites for hydroxylation is 1. The molecular weight excluding hydrogens is 469 g/mol. The fourth-order valence-electron chi connectivity index (χ4n) is 4.40. The summed E-state index contributed by atoms with van der Waals surface area (Å²) in [5.74, 6) is -0.902. The Bertz CT molecular complexity index is 1620. The van der Waals surface area contributed by atoms with Gasteiger partial charge in [-0.15, -0.1) is 0 Å². The molecule has 1 unspecified atom stereocenters. The Balaban J connectivity index is 1.74. The number of H-pyrrole nitrogens is 2. The average molecular weight is 490 g/mol. The molecule has 0 spiro atoms. The third-order valence-electron chi connectivity index (χ3n) is 6.04. The molecule has 2 aromatic heterocycles. The highest BCUT2D eigenvalue weighted by molar-refractivity contribution is 6.30. The summed E-state index contributed by atoms with van der Waals surface area (Å²) in [4.78, 5) is 30.2. The number of ether oxygens (including phenoxy) is 1. The molecule has 1 atom stereocenters. The van der Waals surface area contributed by atoms with E-state index in [-0.39, 0.29) is 5.78 Å². The number of carbonyl (C=O) groups excluding carboxylic acids is 1. The van der Waals surface area contributed by atoms with Crippen molar-refractivity contribution >= 4 is 28.3 Å². The predicted molar refractivity (Wildman–Crippen MR) is 134 cm³/mol. The number of Topliss-reactive ketones (excluding diaryl/α,β-unsaturated/α-hetero) is 1. The first-order valence-electron chi connectivity index (χ1n) is 10.9. The van der Waals surface area contributed by atoms with Crippen LogP contribution in [0.2, 0.25) is 5.02 Å². The van der Waals surface area contributed by atoms with Gasteiger partial charge in [-0.3, -0.25) is 14.7 Å². The Hall–Kier alpha value is -4.10. The number of rotatable bonds is 6. The number of methoxy groups -OCH3 is 1. The highest BCUT2D eigenvalue weighted by Crippen LogP contribution is 2.37. The molecular formula is C27H21ClFN3O3. The van der Waals surface area contributed by atoms with Gasteiger partial charge >= 0.3 is 0 Å². The smallest absolute Gasteiger partial charge is 0.271 e. The minimum absolute atomic E-state index is 0.221. The normalized spacial score (nSPS) is 12.1. The van der Waals surface area contributed by atoms with Crippen molar-refractivity contribution in [1.82, 2.24) is 14.8 Å². The molecule has 6 nitrogen and oxygen atoms in total. The van der Waals surface area contributed by atoms with Gasteiger partial charge in [0, 0.05) is 33.2 Å². The summed E-state index contributed by atoms with van der Waals surface area (Å²) in [7, 11) is 1.58. The molecule has 2 heterocycles. The van der Waals surface area contributed by atoms with Crippen LogP contribution in [0, 0.1) is 12.7 Å². The molecule has 2 N–H and O–H groups in total. The van der Waals surface area contributed by atoms with Gasteiger partial charge in [0.15, 0.2) is 5.78 Å². The summed E-state index contributed by atoms with van der Waals surface area (Å²) < 4.78 is 20.5. The monoisotopic (exact) mass is 489 g/mol. The van der Waals surface area contributed by atoms with Crippen molar-refractivity contribution in [3.8, 4) is 11.4 Å². The number of halogens is 2. The molecule has 3 aromatic carbocycles. The van der Waals surface area contributed by atoms with Crippen LogP contribution in [-0.4, -0.2) is 27.7 Å². The van der Waals surface area contributed by atoms with Gasteiger partial charge in [-0.1, -0.05) is 17.7 Å². The fourth-order valence-corrected chi connectivity index (χ4v) is 4.53. The first-order chi connectivity index (χ1) is 16.9. The summed E-state index contributed by atoms with van der Waals surface area (Å²) in [6.07, 6.45) is 0. The van der Waals surface area contributed by atoms with E-state index < -0.39 is 17.3 Å². The van der Waals surface area contributed by atoms with Crippen LogP contribution in [-0.2, 0) is 0 Å². The first kappa shape index (κ1) is 22.7. The Morgan fingerprint density at radius 1 is 1.06 bits per heavy atom. The molecule has 0 radical (unpaired) electrons. The second-order valence-corrected chi connectivity index (χ2v) is 8.68. The quantitative estimate of drug-likeness (QED) is 0.297. The molecule has 0 aliphatic rings. The number of fused-ring (bicyclic) bond motifs is 1. The lowest BCUT2D eigenvalue weighted by Gasteiger charge is -2.16. The molecule has 0 amide bonds. The molecule has 5 aromatic rings. The molecule has 0 saturated heterocycles. The number of carbonyl (C=O) groups is 1. The highest BCUT2D eigenvalue weighted by atomic mass is 35.5. The van der Waals surface area contributed by atoms with Gasteiger partial charge in [0.2, 0.25) is 0 Å².